The zero-order chi connectivity index (χ0) is 12.4. The Morgan fingerprint density at radius 2 is 2.29 bits per heavy atom. The summed E-state index contributed by atoms with van der Waals surface area (Å²) in [5.41, 5.74) is 0.788. The predicted octanol–water partition coefficient (Wildman–Crippen LogP) is 2.86. The van der Waals surface area contributed by atoms with Crippen LogP contribution < -0.4 is 5.32 Å². The number of carboxylic acids is 1. The minimum absolute atomic E-state index is 0.390. The minimum Gasteiger partial charge on any atom is -0.481 e. The molecule has 0 aromatic carbocycles. The maximum Gasteiger partial charge on any atom is 0.312 e. The van der Waals surface area contributed by atoms with E-state index in [0.717, 1.165) is 35.0 Å². The first-order valence-corrected chi connectivity index (χ1v) is 6.96. The molecule has 0 spiro atoms. The maximum atomic E-state index is 11.1. The summed E-state index contributed by atoms with van der Waals surface area (Å²) >= 11 is 1.62. The lowest BCUT2D eigenvalue weighted by atomic mass is 10.1. The minimum atomic E-state index is -0.747. The standard InChI is InChI=1S/C12H18N2O2S/c1-3-7(4-2)13-12-14-10-8(11(15)16)5-6-9(10)17-12/h7-8H,3-6H2,1-2H3,(H,13,14)(H,15,16). The van der Waals surface area contributed by atoms with Crippen LogP contribution in [0.5, 0.6) is 0 Å². The van der Waals surface area contributed by atoms with Gasteiger partial charge >= 0.3 is 5.97 Å². The van der Waals surface area contributed by atoms with Gasteiger partial charge < -0.3 is 10.4 Å². The van der Waals surface area contributed by atoms with Crippen LogP contribution in [0.15, 0.2) is 0 Å². The molecule has 17 heavy (non-hydrogen) atoms. The van der Waals surface area contributed by atoms with E-state index in [9.17, 15) is 4.79 Å². The van der Waals surface area contributed by atoms with E-state index in [2.05, 4.69) is 24.1 Å². The molecular weight excluding hydrogens is 236 g/mol. The molecule has 0 saturated heterocycles. The smallest absolute Gasteiger partial charge is 0.312 e. The second-order valence-electron chi connectivity index (χ2n) is 4.41. The summed E-state index contributed by atoms with van der Waals surface area (Å²) in [5, 5.41) is 13.4. The largest absolute Gasteiger partial charge is 0.481 e. The summed E-state index contributed by atoms with van der Waals surface area (Å²) in [5.74, 6) is -1.14. The van der Waals surface area contributed by atoms with Gasteiger partial charge in [0.1, 0.15) is 5.92 Å². The zero-order valence-corrected chi connectivity index (χ0v) is 11.0. The van der Waals surface area contributed by atoms with Crippen LogP contribution in [0, 0.1) is 0 Å². The maximum absolute atomic E-state index is 11.1. The van der Waals surface area contributed by atoms with Crippen molar-refractivity contribution in [3.05, 3.63) is 10.6 Å². The van der Waals surface area contributed by atoms with E-state index >= 15 is 0 Å². The molecule has 1 unspecified atom stereocenters. The number of hydrogen-bond acceptors (Lipinski definition) is 4. The third-order valence-corrected chi connectivity index (χ3v) is 4.39. The van der Waals surface area contributed by atoms with Crippen molar-refractivity contribution in [2.45, 2.75) is 51.5 Å². The van der Waals surface area contributed by atoms with Crippen molar-refractivity contribution in [2.75, 3.05) is 5.32 Å². The van der Waals surface area contributed by atoms with Gasteiger partial charge in [-0.25, -0.2) is 4.98 Å². The van der Waals surface area contributed by atoms with E-state index in [1.54, 1.807) is 11.3 Å². The molecule has 1 aromatic heterocycles. The highest BCUT2D eigenvalue weighted by atomic mass is 32.1. The number of anilines is 1. The first-order chi connectivity index (χ1) is 8.15. The highest BCUT2D eigenvalue weighted by Gasteiger charge is 2.32. The highest BCUT2D eigenvalue weighted by Crippen LogP contribution is 2.38. The summed E-state index contributed by atoms with van der Waals surface area (Å²) in [4.78, 5) is 16.7. The molecule has 0 saturated carbocycles. The van der Waals surface area contributed by atoms with E-state index in [1.807, 2.05) is 0 Å². The highest BCUT2D eigenvalue weighted by molar-refractivity contribution is 7.15. The van der Waals surface area contributed by atoms with Gasteiger partial charge in [0.25, 0.3) is 0 Å². The first kappa shape index (κ1) is 12.4. The fraction of sp³-hybridized carbons (Fsp3) is 0.667. The summed E-state index contributed by atoms with van der Waals surface area (Å²) < 4.78 is 0. The van der Waals surface area contributed by atoms with Crippen LogP contribution in [0.4, 0.5) is 5.13 Å². The first-order valence-electron chi connectivity index (χ1n) is 6.14. The number of nitrogens with zero attached hydrogens (tertiary/aromatic N) is 1. The number of rotatable bonds is 5. The molecule has 94 valence electrons. The Bertz CT molecular complexity index is 413. The molecule has 1 heterocycles. The molecule has 5 heteroatoms. The Kier molecular flexibility index (Phi) is 3.66. The molecule has 0 aliphatic heterocycles. The van der Waals surface area contributed by atoms with Gasteiger partial charge in [-0.2, -0.15) is 0 Å². The molecule has 0 bridgehead atoms. The van der Waals surface area contributed by atoms with Crippen LogP contribution in [0.25, 0.3) is 0 Å². The van der Waals surface area contributed by atoms with E-state index in [-0.39, 0.29) is 0 Å². The average Bonchev–Trinajstić information content (AvgIpc) is 2.84. The van der Waals surface area contributed by atoms with Gasteiger partial charge in [0, 0.05) is 10.9 Å². The number of thiazole rings is 1. The number of aryl methyl sites for hydroxylation is 1. The molecule has 0 amide bonds. The molecule has 1 atom stereocenters. The van der Waals surface area contributed by atoms with Crippen molar-refractivity contribution in [3.8, 4) is 0 Å². The van der Waals surface area contributed by atoms with E-state index in [4.69, 9.17) is 5.11 Å². The van der Waals surface area contributed by atoms with Crippen molar-refractivity contribution >= 4 is 22.4 Å². The molecule has 0 radical (unpaired) electrons. The third-order valence-electron chi connectivity index (χ3n) is 3.33. The van der Waals surface area contributed by atoms with Crippen LogP contribution >= 0.6 is 11.3 Å². The van der Waals surface area contributed by atoms with Crippen molar-refractivity contribution < 1.29 is 9.90 Å². The number of hydrogen-bond donors (Lipinski definition) is 2. The number of fused-ring (bicyclic) bond motifs is 1. The summed E-state index contributed by atoms with van der Waals surface area (Å²) in [6, 6.07) is 0.435. The van der Waals surface area contributed by atoms with Gasteiger partial charge in [0.05, 0.1) is 5.69 Å². The SMILES string of the molecule is CCC(CC)Nc1nc2c(s1)CCC2C(=O)O. The lowest BCUT2D eigenvalue weighted by Gasteiger charge is -2.13. The quantitative estimate of drug-likeness (QED) is 0.848. The van der Waals surface area contributed by atoms with E-state index < -0.39 is 11.9 Å². The Balaban J connectivity index is 2.13. The summed E-state index contributed by atoms with van der Waals surface area (Å²) in [6.07, 6.45) is 3.68. The van der Waals surface area contributed by atoms with Crippen LogP contribution in [0.3, 0.4) is 0 Å². The Hall–Kier alpha value is -1.10. The Morgan fingerprint density at radius 1 is 1.59 bits per heavy atom. The Labute approximate surface area is 105 Å². The van der Waals surface area contributed by atoms with Crippen molar-refractivity contribution in [1.29, 1.82) is 0 Å². The van der Waals surface area contributed by atoms with Crippen LogP contribution in [-0.2, 0) is 11.2 Å². The molecular formula is C12H18N2O2S. The lowest BCUT2D eigenvalue weighted by Crippen LogP contribution is -2.17. The van der Waals surface area contributed by atoms with Crippen molar-refractivity contribution in [1.82, 2.24) is 4.98 Å². The third kappa shape index (κ3) is 2.44. The molecule has 1 aliphatic rings. The van der Waals surface area contributed by atoms with Gasteiger partial charge in [-0.3, -0.25) is 4.79 Å². The van der Waals surface area contributed by atoms with E-state index in [1.165, 1.54) is 0 Å². The predicted molar refractivity (Wildman–Crippen MR) is 68.8 cm³/mol. The van der Waals surface area contributed by atoms with Gasteiger partial charge in [0.15, 0.2) is 5.13 Å². The second kappa shape index (κ2) is 5.04. The van der Waals surface area contributed by atoms with Gasteiger partial charge in [-0.1, -0.05) is 13.8 Å². The van der Waals surface area contributed by atoms with Crippen LogP contribution in [0.1, 0.15) is 49.6 Å². The fourth-order valence-electron chi connectivity index (χ4n) is 2.20. The van der Waals surface area contributed by atoms with Gasteiger partial charge in [-0.15, -0.1) is 11.3 Å². The zero-order valence-electron chi connectivity index (χ0n) is 10.2. The average molecular weight is 254 g/mol. The number of carboxylic acid groups (broad SMARTS) is 1. The Morgan fingerprint density at radius 3 is 2.88 bits per heavy atom. The molecule has 2 N–H and O–H groups in total. The van der Waals surface area contributed by atoms with Crippen LogP contribution in [0.2, 0.25) is 0 Å². The second-order valence-corrected chi connectivity index (χ2v) is 5.50. The number of aromatic nitrogens is 1. The number of aliphatic carboxylic acids is 1. The van der Waals surface area contributed by atoms with Crippen LogP contribution in [-0.4, -0.2) is 22.1 Å². The summed E-state index contributed by atoms with van der Waals surface area (Å²) in [6.45, 7) is 4.28. The fourth-order valence-corrected chi connectivity index (χ4v) is 3.31. The topological polar surface area (TPSA) is 62.2 Å². The normalized spacial score (nSPS) is 18.4. The van der Waals surface area contributed by atoms with Gasteiger partial charge in [-0.05, 0) is 25.7 Å². The van der Waals surface area contributed by atoms with Crippen molar-refractivity contribution in [2.24, 2.45) is 0 Å². The number of nitrogens with one attached hydrogen (secondary N) is 1. The van der Waals surface area contributed by atoms with E-state index in [0.29, 0.717) is 12.5 Å². The molecule has 4 nitrogen and oxygen atoms in total. The lowest BCUT2D eigenvalue weighted by molar-refractivity contribution is -0.138. The molecule has 1 aliphatic carbocycles. The number of carbonyl (C=O) groups is 1. The van der Waals surface area contributed by atoms with Gasteiger partial charge in [0.2, 0.25) is 0 Å². The monoisotopic (exact) mass is 254 g/mol. The van der Waals surface area contributed by atoms with Crippen molar-refractivity contribution in [3.63, 3.8) is 0 Å². The molecule has 2 rings (SSSR count). The summed E-state index contributed by atoms with van der Waals surface area (Å²) in [7, 11) is 0. The molecule has 0 fully saturated rings. The molecule has 1 aromatic rings.